The maximum Gasteiger partial charge on any atom is 0.451 e. The zero-order valence-corrected chi connectivity index (χ0v) is 10.9. The number of nitrogens with zero attached hydrogens (tertiary/aromatic N) is 6. The van der Waals surface area contributed by atoms with Gasteiger partial charge >= 0.3 is 6.18 Å². The molecule has 7 nitrogen and oxygen atoms in total. The van der Waals surface area contributed by atoms with Gasteiger partial charge in [0.2, 0.25) is 5.82 Å². The van der Waals surface area contributed by atoms with Gasteiger partial charge in [0.25, 0.3) is 0 Å². The number of anilines is 1. The minimum Gasteiger partial charge on any atom is -0.346 e. The number of rotatable bonds is 2. The first-order valence-electron chi connectivity index (χ1n) is 6.24. The molecule has 0 aliphatic carbocycles. The van der Waals surface area contributed by atoms with Crippen molar-refractivity contribution in [3.8, 4) is 0 Å². The molecule has 112 valence electrons. The lowest BCUT2D eigenvalue weighted by Gasteiger charge is -2.28. The van der Waals surface area contributed by atoms with Crippen LogP contribution in [0.2, 0.25) is 0 Å². The summed E-state index contributed by atoms with van der Waals surface area (Å²) in [6.45, 7) is 1.03. The summed E-state index contributed by atoms with van der Waals surface area (Å²) in [5, 5.41) is 6.85. The molecule has 0 bridgehead atoms. The molecule has 0 saturated carbocycles. The molecule has 21 heavy (non-hydrogen) atoms. The second-order valence-electron chi connectivity index (χ2n) is 4.58. The predicted octanol–water partition coefficient (Wildman–Crippen LogP) is 0.566. The third-order valence-corrected chi connectivity index (χ3v) is 3.23. The van der Waals surface area contributed by atoms with Crippen molar-refractivity contribution >= 4 is 5.82 Å². The molecule has 1 aliphatic rings. The Balaban J connectivity index is 1.83. The van der Waals surface area contributed by atoms with Crippen LogP contribution in [0.3, 0.4) is 0 Å². The smallest absolute Gasteiger partial charge is 0.346 e. The fraction of sp³-hybridized carbons (Fsp3) is 0.455. The number of alkyl halides is 3. The van der Waals surface area contributed by atoms with Gasteiger partial charge in [0.1, 0.15) is 5.82 Å². The molecular weight excluding hydrogens is 287 g/mol. The predicted molar refractivity (Wildman–Crippen MR) is 66.0 cm³/mol. The third-order valence-electron chi connectivity index (χ3n) is 3.23. The minimum atomic E-state index is -4.49. The van der Waals surface area contributed by atoms with Crippen molar-refractivity contribution in [3.05, 3.63) is 29.7 Å². The Morgan fingerprint density at radius 1 is 1.14 bits per heavy atom. The summed E-state index contributed by atoms with van der Waals surface area (Å²) in [6, 6.07) is 0. The van der Waals surface area contributed by atoms with Crippen LogP contribution in [-0.2, 0) is 25.8 Å². The first-order valence-corrected chi connectivity index (χ1v) is 6.24. The number of hydrogen-bond donors (Lipinski definition) is 1. The molecule has 3 heterocycles. The van der Waals surface area contributed by atoms with Gasteiger partial charge in [0, 0.05) is 19.6 Å². The highest BCUT2D eigenvalue weighted by molar-refractivity contribution is 5.37. The highest BCUT2D eigenvalue weighted by Crippen LogP contribution is 2.29. The van der Waals surface area contributed by atoms with Crippen LogP contribution in [0, 0.1) is 0 Å². The molecule has 1 aliphatic heterocycles. The monoisotopic (exact) mass is 299 g/mol. The molecule has 0 atom stereocenters. The Kier molecular flexibility index (Phi) is 3.24. The molecule has 10 heteroatoms. The normalized spacial score (nSPS) is 15.1. The Morgan fingerprint density at radius 2 is 1.95 bits per heavy atom. The number of nitrogens with two attached hydrogens (primary N) is 1. The number of halogens is 3. The SMILES string of the molecule is NCc1cnc(N2CCn3c(nnc3C(F)(F)F)C2)cn1. The molecule has 0 unspecified atom stereocenters. The van der Waals surface area contributed by atoms with E-state index >= 15 is 0 Å². The lowest BCUT2D eigenvalue weighted by molar-refractivity contribution is -0.147. The fourth-order valence-corrected chi connectivity index (χ4v) is 2.18. The van der Waals surface area contributed by atoms with Crippen molar-refractivity contribution in [2.45, 2.75) is 25.8 Å². The van der Waals surface area contributed by atoms with Crippen LogP contribution < -0.4 is 10.6 Å². The van der Waals surface area contributed by atoms with Crippen molar-refractivity contribution in [1.82, 2.24) is 24.7 Å². The first-order chi connectivity index (χ1) is 9.99. The molecule has 0 spiro atoms. The van der Waals surface area contributed by atoms with Crippen LogP contribution in [-0.4, -0.2) is 31.3 Å². The summed E-state index contributed by atoms with van der Waals surface area (Å²) in [7, 11) is 0. The van der Waals surface area contributed by atoms with Crippen LogP contribution in [0.5, 0.6) is 0 Å². The van der Waals surface area contributed by atoms with E-state index in [0.717, 1.165) is 4.57 Å². The molecule has 0 saturated heterocycles. The molecule has 0 aromatic carbocycles. The van der Waals surface area contributed by atoms with E-state index in [-0.39, 0.29) is 25.5 Å². The average Bonchev–Trinajstić information content (AvgIpc) is 2.90. The van der Waals surface area contributed by atoms with Gasteiger partial charge in [-0.25, -0.2) is 4.98 Å². The Labute approximate surface area is 117 Å². The molecular formula is C11H12F3N7. The lowest BCUT2D eigenvalue weighted by Crippen LogP contribution is -2.35. The molecule has 2 N–H and O–H groups in total. The molecule has 0 fully saturated rings. The van der Waals surface area contributed by atoms with Gasteiger partial charge in [0.15, 0.2) is 5.82 Å². The molecule has 0 radical (unpaired) electrons. The van der Waals surface area contributed by atoms with Crippen molar-refractivity contribution in [2.75, 3.05) is 11.4 Å². The van der Waals surface area contributed by atoms with E-state index in [4.69, 9.17) is 5.73 Å². The fourth-order valence-electron chi connectivity index (χ4n) is 2.18. The van der Waals surface area contributed by atoms with Crippen molar-refractivity contribution < 1.29 is 13.2 Å². The van der Waals surface area contributed by atoms with E-state index in [1.165, 1.54) is 0 Å². The van der Waals surface area contributed by atoms with Crippen LogP contribution in [0.1, 0.15) is 17.3 Å². The zero-order chi connectivity index (χ0) is 15.0. The largest absolute Gasteiger partial charge is 0.451 e. The molecule has 2 aromatic heterocycles. The van der Waals surface area contributed by atoms with E-state index in [2.05, 4.69) is 20.2 Å². The summed E-state index contributed by atoms with van der Waals surface area (Å²) in [6.07, 6.45) is -1.38. The summed E-state index contributed by atoms with van der Waals surface area (Å²) in [5.74, 6) is -0.116. The second kappa shape index (κ2) is 4.95. The van der Waals surface area contributed by atoms with Gasteiger partial charge < -0.3 is 15.2 Å². The zero-order valence-electron chi connectivity index (χ0n) is 10.9. The van der Waals surface area contributed by atoms with Crippen LogP contribution in [0.25, 0.3) is 0 Å². The van der Waals surface area contributed by atoms with Gasteiger partial charge in [-0.2, -0.15) is 13.2 Å². The highest BCUT2D eigenvalue weighted by atomic mass is 19.4. The van der Waals surface area contributed by atoms with Gasteiger partial charge in [-0.3, -0.25) is 4.98 Å². The standard InChI is InChI=1S/C11H12F3N7/c12-11(13,14)10-19-18-9-6-20(1-2-21(9)10)8-5-16-7(3-15)4-17-8/h4-5H,1-3,6,15H2. The highest BCUT2D eigenvalue weighted by Gasteiger charge is 2.39. The van der Waals surface area contributed by atoms with Gasteiger partial charge in [-0.1, -0.05) is 0 Å². The molecule has 2 aromatic rings. The maximum absolute atomic E-state index is 12.7. The Morgan fingerprint density at radius 3 is 2.57 bits per heavy atom. The number of fused-ring (bicyclic) bond motifs is 1. The van der Waals surface area contributed by atoms with Crippen LogP contribution in [0.4, 0.5) is 19.0 Å². The first kappa shape index (κ1) is 13.7. The Bertz CT molecular complexity index is 634. The third kappa shape index (κ3) is 2.53. The van der Waals surface area contributed by atoms with E-state index in [1.54, 1.807) is 17.3 Å². The number of aromatic nitrogens is 5. The summed E-state index contributed by atoms with van der Waals surface area (Å²) >= 11 is 0. The summed E-state index contributed by atoms with van der Waals surface area (Å²) in [4.78, 5) is 10.1. The van der Waals surface area contributed by atoms with Crippen molar-refractivity contribution in [2.24, 2.45) is 5.73 Å². The lowest BCUT2D eigenvalue weighted by atomic mass is 10.3. The topological polar surface area (TPSA) is 85.8 Å². The van der Waals surface area contributed by atoms with E-state index < -0.39 is 12.0 Å². The van der Waals surface area contributed by atoms with E-state index in [9.17, 15) is 13.2 Å². The van der Waals surface area contributed by atoms with E-state index in [1.807, 2.05) is 0 Å². The molecule has 0 amide bonds. The van der Waals surface area contributed by atoms with Gasteiger partial charge in [0.05, 0.1) is 24.6 Å². The summed E-state index contributed by atoms with van der Waals surface area (Å²) in [5.41, 5.74) is 6.09. The van der Waals surface area contributed by atoms with E-state index in [0.29, 0.717) is 18.1 Å². The van der Waals surface area contributed by atoms with Crippen LogP contribution in [0.15, 0.2) is 12.4 Å². The maximum atomic E-state index is 12.7. The van der Waals surface area contributed by atoms with Gasteiger partial charge in [-0.05, 0) is 0 Å². The van der Waals surface area contributed by atoms with Gasteiger partial charge in [-0.15, -0.1) is 10.2 Å². The molecule has 3 rings (SSSR count). The minimum absolute atomic E-state index is 0.150. The van der Waals surface area contributed by atoms with Crippen LogP contribution >= 0.6 is 0 Å². The average molecular weight is 299 g/mol. The summed E-state index contributed by atoms with van der Waals surface area (Å²) < 4.78 is 39.3. The number of hydrogen-bond acceptors (Lipinski definition) is 6. The van der Waals surface area contributed by atoms with Crippen molar-refractivity contribution in [3.63, 3.8) is 0 Å². The quantitative estimate of drug-likeness (QED) is 0.872. The second-order valence-corrected chi connectivity index (χ2v) is 4.58. The Hall–Kier alpha value is -2.23. The van der Waals surface area contributed by atoms with Crippen molar-refractivity contribution in [1.29, 1.82) is 0 Å².